The lowest BCUT2D eigenvalue weighted by molar-refractivity contribution is -0.159. The van der Waals surface area contributed by atoms with Gasteiger partial charge in [0.2, 0.25) is 0 Å². The van der Waals surface area contributed by atoms with Gasteiger partial charge in [0.25, 0.3) is 0 Å². The topological polar surface area (TPSA) is 95.9 Å². The predicted octanol–water partition coefficient (Wildman–Crippen LogP) is -0.458. The molecule has 2 fully saturated rings. The third kappa shape index (κ3) is 3.49. The number of carboxylic acid groups (broad SMARTS) is 2. The monoisotopic (exact) mass is 217 g/mol. The Kier molecular flexibility index (Phi) is 4.05. The van der Waals surface area contributed by atoms with Crippen LogP contribution >= 0.6 is 0 Å². The lowest BCUT2D eigenvalue weighted by atomic mass is 9.75. The van der Waals surface area contributed by atoms with E-state index in [0.29, 0.717) is 5.41 Å². The number of ether oxygens (including phenoxy) is 1. The summed E-state index contributed by atoms with van der Waals surface area (Å²) < 4.78 is 5.27. The van der Waals surface area contributed by atoms with Crippen molar-refractivity contribution < 1.29 is 24.5 Å². The Morgan fingerprint density at radius 2 is 1.53 bits per heavy atom. The average molecular weight is 217 g/mol. The van der Waals surface area contributed by atoms with E-state index in [9.17, 15) is 0 Å². The number of aliphatic carboxylic acids is 2. The molecular formula is C9H15NO5. The van der Waals surface area contributed by atoms with Gasteiger partial charge in [-0.05, 0) is 18.3 Å². The molecule has 0 aromatic carbocycles. The van der Waals surface area contributed by atoms with Crippen LogP contribution in [0.2, 0.25) is 0 Å². The van der Waals surface area contributed by atoms with Crippen LogP contribution in [0.4, 0.5) is 0 Å². The standard InChI is InChI=1S/C7H13NO.C2H2O4/c1-3-9-4-2-7(1)5-8-6-7;3-1(4)2(5)6/h8H,1-6H2;(H,3,4)(H,5,6). The Hall–Kier alpha value is -1.14. The van der Waals surface area contributed by atoms with E-state index in [1.807, 2.05) is 0 Å². The zero-order valence-corrected chi connectivity index (χ0v) is 8.36. The first-order chi connectivity index (χ1) is 7.06. The first-order valence-corrected chi connectivity index (χ1v) is 4.80. The van der Waals surface area contributed by atoms with Crippen LogP contribution in [-0.4, -0.2) is 48.5 Å². The predicted molar refractivity (Wildman–Crippen MR) is 50.6 cm³/mol. The Morgan fingerprint density at radius 3 is 1.73 bits per heavy atom. The Balaban J connectivity index is 0.000000167. The van der Waals surface area contributed by atoms with Crippen molar-refractivity contribution in [3.63, 3.8) is 0 Å². The first kappa shape index (κ1) is 11.9. The van der Waals surface area contributed by atoms with Crippen LogP contribution in [0.25, 0.3) is 0 Å². The quantitative estimate of drug-likeness (QED) is 0.475. The molecule has 2 aliphatic heterocycles. The van der Waals surface area contributed by atoms with Gasteiger partial charge in [-0.2, -0.15) is 0 Å². The minimum atomic E-state index is -1.82. The molecule has 86 valence electrons. The van der Waals surface area contributed by atoms with E-state index in [0.717, 1.165) is 13.2 Å². The van der Waals surface area contributed by atoms with Gasteiger partial charge in [-0.3, -0.25) is 0 Å². The summed E-state index contributed by atoms with van der Waals surface area (Å²) in [5.74, 6) is -3.65. The van der Waals surface area contributed by atoms with Crippen molar-refractivity contribution >= 4 is 11.9 Å². The SMILES string of the molecule is C1CC2(CCO1)CNC2.O=C(O)C(=O)O. The molecular weight excluding hydrogens is 202 g/mol. The third-order valence-electron chi connectivity index (χ3n) is 2.74. The maximum Gasteiger partial charge on any atom is 0.414 e. The molecule has 2 heterocycles. The summed E-state index contributed by atoms with van der Waals surface area (Å²) in [5.41, 5.74) is 0.665. The van der Waals surface area contributed by atoms with Crippen LogP contribution < -0.4 is 5.32 Å². The smallest absolute Gasteiger partial charge is 0.414 e. The third-order valence-corrected chi connectivity index (χ3v) is 2.74. The summed E-state index contributed by atoms with van der Waals surface area (Å²) in [6.07, 6.45) is 2.56. The molecule has 0 unspecified atom stereocenters. The molecule has 6 heteroatoms. The molecule has 3 N–H and O–H groups in total. The van der Waals surface area contributed by atoms with Gasteiger partial charge in [0, 0.05) is 26.3 Å². The Labute approximate surface area is 87.2 Å². The Bertz CT molecular complexity index is 229. The number of hydrogen-bond donors (Lipinski definition) is 3. The van der Waals surface area contributed by atoms with Crippen LogP contribution in [0.3, 0.4) is 0 Å². The highest BCUT2D eigenvalue weighted by Crippen LogP contribution is 2.33. The highest BCUT2D eigenvalue weighted by Gasteiger charge is 2.37. The Morgan fingerprint density at radius 1 is 1.07 bits per heavy atom. The molecule has 0 bridgehead atoms. The van der Waals surface area contributed by atoms with E-state index in [1.165, 1.54) is 25.9 Å². The van der Waals surface area contributed by atoms with E-state index in [1.54, 1.807) is 0 Å². The van der Waals surface area contributed by atoms with Gasteiger partial charge >= 0.3 is 11.9 Å². The summed E-state index contributed by atoms with van der Waals surface area (Å²) in [7, 11) is 0. The van der Waals surface area contributed by atoms with Gasteiger partial charge in [0.05, 0.1) is 0 Å². The van der Waals surface area contributed by atoms with Crippen LogP contribution in [-0.2, 0) is 14.3 Å². The van der Waals surface area contributed by atoms with Gasteiger partial charge in [0.15, 0.2) is 0 Å². The number of carbonyl (C=O) groups is 2. The summed E-state index contributed by atoms with van der Waals surface area (Å²) in [6, 6.07) is 0. The van der Waals surface area contributed by atoms with Gasteiger partial charge in [-0.15, -0.1) is 0 Å². The zero-order chi connectivity index (χ0) is 11.3. The zero-order valence-electron chi connectivity index (χ0n) is 8.36. The fourth-order valence-electron chi connectivity index (χ4n) is 1.64. The largest absolute Gasteiger partial charge is 0.473 e. The van der Waals surface area contributed by atoms with Crippen LogP contribution in [0.15, 0.2) is 0 Å². The molecule has 2 rings (SSSR count). The molecule has 0 atom stereocenters. The van der Waals surface area contributed by atoms with Crippen LogP contribution in [0, 0.1) is 5.41 Å². The van der Waals surface area contributed by atoms with Crippen LogP contribution in [0.1, 0.15) is 12.8 Å². The number of hydrogen-bond acceptors (Lipinski definition) is 4. The molecule has 0 saturated carbocycles. The molecule has 0 aromatic heterocycles. The van der Waals surface area contributed by atoms with Crippen molar-refractivity contribution in [3.05, 3.63) is 0 Å². The minimum Gasteiger partial charge on any atom is -0.473 e. The summed E-state index contributed by atoms with van der Waals surface area (Å²) in [6.45, 7) is 4.44. The second kappa shape index (κ2) is 5.09. The molecule has 0 amide bonds. The van der Waals surface area contributed by atoms with E-state index in [4.69, 9.17) is 24.5 Å². The molecule has 0 aromatic rings. The molecule has 1 spiro atoms. The average Bonchev–Trinajstić information content (AvgIpc) is 2.17. The lowest BCUT2D eigenvalue weighted by Gasteiger charge is -2.45. The fraction of sp³-hybridized carbons (Fsp3) is 0.778. The second-order valence-electron chi connectivity index (χ2n) is 3.83. The van der Waals surface area contributed by atoms with Gasteiger partial charge < -0.3 is 20.3 Å². The second-order valence-corrected chi connectivity index (χ2v) is 3.83. The minimum absolute atomic E-state index is 0.665. The summed E-state index contributed by atoms with van der Waals surface area (Å²) in [5, 5.41) is 18.1. The van der Waals surface area contributed by atoms with Gasteiger partial charge in [0.1, 0.15) is 0 Å². The molecule has 2 aliphatic rings. The summed E-state index contributed by atoms with van der Waals surface area (Å²) >= 11 is 0. The van der Waals surface area contributed by atoms with E-state index in [-0.39, 0.29) is 0 Å². The van der Waals surface area contributed by atoms with Crippen molar-refractivity contribution in [3.8, 4) is 0 Å². The molecule has 0 aliphatic carbocycles. The number of carboxylic acids is 2. The van der Waals surface area contributed by atoms with Crippen molar-refractivity contribution in [2.24, 2.45) is 5.41 Å². The van der Waals surface area contributed by atoms with Crippen molar-refractivity contribution in [1.82, 2.24) is 5.32 Å². The summed E-state index contributed by atoms with van der Waals surface area (Å²) in [4.78, 5) is 18.2. The number of nitrogens with one attached hydrogen (secondary N) is 1. The highest BCUT2D eigenvalue weighted by atomic mass is 16.5. The molecule has 2 saturated heterocycles. The van der Waals surface area contributed by atoms with Crippen molar-refractivity contribution in [2.75, 3.05) is 26.3 Å². The maximum atomic E-state index is 9.10. The lowest BCUT2D eigenvalue weighted by Crippen LogP contribution is -2.55. The van der Waals surface area contributed by atoms with Crippen molar-refractivity contribution in [1.29, 1.82) is 0 Å². The normalized spacial score (nSPS) is 22.1. The van der Waals surface area contributed by atoms with Crippen molar-refractivity contribution in [2.45, 2.75) is 12.8 Å². The number of rotatable bonds is 0. The van der Waals surface area contributed by atoms with Crippen LogP contribution in [0.5, 0.6) is 0 Å². The van der Waals surface area contributed by atoms with Gasteiger partial charge in [-0.1, -0.05) is 0 Å². The molecule has 0 radical (unpaired) electrons. The highest BCUT2D eigenvalue weighted by molar-refractivity contribution is 6.27. The molecule has 15 heavy (non-hydrogen) atoms. The van der Waals surface area contributed by atoms with Gasteiger partial charge in [-0.25, -0.2) is 9.59 Å². The van der Waals surface area contributed by atoms with E-state index >= 15 is 0 Å². The fourth-order valence-corrected chi connectivity index (χ4v) is 1.64. The maximum absolute atomic E-state index is 9.10. The molecule has 6 nitrogen and oxygen atoms in total. The van der Waals surface area contributed by atoms with E-state index in [2.05, 4.69) is 5.32 Å². The first-order valence-electron chi connectivity index (χ1n) is 4.80. The van der Waals surface area contributed by atoms with E-state index < -0.39 is 11.9 Å².